The van der Waals surface area contributed by atoms with Crippen LogP contribution in [0.25, 0.3) is 0 Å². The summed E-state index contributed by atoms with van der Waals surface area (Å²) in [6.45, 7) is 16.9. The molecule has 0 fully saturated rings. The molecule has 0 saturated heterocycles. The van der Waals surface area contributed by atoms with Gasteiger partial charge in [-0.15, -0.1) is 0 Å². The lowest BCUT2D eigenvalue weighted by Crippen LogP contribution is -2.30. The number of nitrogens with zero attached hydrogens (tertiary/aromatic N) is 6. The van der Waals surface area contributed by atoms with Crippen LogP contribution in [0.15, 0.2) is 182 Å². The highest BCUT2D eigenvalue weighted by Crippen LogP contribution is 2.44. The van der Waals surface area contributed by atoms with Gasteiger partial charge >= 0.3 is 0 Å². The van der Waals surface area contributed by atoms with Gasteiger partial charge in [0.05, 0.1) is 0 Å². The molecule has 0 heterocycles. The number of aryl methyl sites for hydroxylation is 2. The Balaban J connectivity index is 1.23. The van der Waals surface area contributed by atoms with Crippen LogP contribution < -0.4 is 29.4 Å². The van der Waals surface area contributed by atoms with Crippen molar-refractivity contribution < 1.29 is 10.2 Å². The summed E-state index contributed by atoms with van der Waals surface area (Å²) >= 11 is 0. The van der Waals surface area contributed by atoms with E-state index in [1.807, 2.05) is 131 Å². The SMILES string of the molecule is C=C(C)N(c1ccc(N(C(=C)C)c2ccc(C(O)(c3ccc(N(C)C)cc3)c3ccc(N(C)C)cc3)c(C)c2)cc1)c1ccc(C(O)(c2ccc(N(C)C)cc2)c2ccc(N(C)C)cc2)c(C)c1. The minimum absolute atomic E-state index is 0.788. The van der Waals surface area contributed by atoms with Crippen LogP contribution in [0.1, 0.15) is 58.4 Å². The lowest BCUT2D eigenvalue weighted by atomic mass is 9.78. The molecule has 7 rings (SSSR count). The summed E-state index contributed by atoms with van der Waals surface area (Å²) in [5, 5.41) is 26.0. The molecule has 8 heteroatoms. The van der Waals surface area contributed by atoms with Gasteiger partial charge < -0.3 is 39.6 Å². The van der Waals surface area contributed by atoms with Crippen molar-refractivity contribution in [2.75, 3.05) is 85.8 Å². The first-order chi connectivity index (χ1) is 32.2. The standard InChI is InChI=1S/C60H68N6O2/c1-41(2)65(55-35-37-57(43(5)39-55)59(67,45-15-23-49(24-16-45)61(7)8)46-17-25-50(26-18-46)62(9)10)53-31-33-54(34-32-53)66(42(3)4)56-36-38-58(44(6)40-56)60(68,47-19-27-51(28-20-47)63(11)12)48-21-29-52(30-22-48)64(13)14/h15-40,67-68H,1,3H2,2,4-14H3. The molecule has 0 bridgehead atoms. The third kappa shape index (κ3) is 9.35. The molecule has 0 unspecified atom stereocenters. The summed E-state index contributed by atoms with van der Waals surface area (Å²) < 4.78 is 0. The van der Waals surface area contributed by atoms with Gasteiger partial charge in [-0.3, -0.25) is 0 Å². The van der Waals surface area contributed by atoms with Crippen molar-refractivity contribution in [2.24, 2.45) is 0 Å². The Morgan fingerprint density at radius 3 is 0.735 bits per heavy atom. The number of hydrogen-bond donors (Lipinski definition) is 2. The fourth-order valence-electron chi connectivity index (χ4n) is 9.27. The van der Waals surface area contributed by atoms with Gasteiger partial charge in [-0.2, -0.15) is 0 Å². The van der Waals surface area contributed by atoms with Gasteiger partial charge in [-0.1, -0.05) is 73.8 Å². The van der Waals surface area contributed by atoms with Crippen molar-refractivity contribution in [1.82, 2.24) is 0 Å². The average Bonchev–Trinajstić information content (AvgIpc) is 3.31. The van der Waals surface area contributed by atoms with Crippen molar-refractivity contribution in [3.8, 4) is 0 Å². The molecule has 7 aromatic carbocycles. The van der Waals surface area contributed by atoms with Crippen molar-refractivity contribution in [2.45, 2.75) is 38.9 Å². The Morgan fingerprint density at radius 2 is 0.544 bits per heavy atom. The molecule has 0 spiro atoms. The molecule has 0 aliphatic heterocycles. The van der Waals surface area contributed by atoms with Crippen molar-refractivity contribution in [1.29, 1.82) is 0 Å². The Morgan fingerprint density at radius 1 is 0.338 bits per heavy atom. The second kappa shape index (κ2) is 19.5. The maximum Gasteiger partial charge on any atom is 0.140 e. The minimum atomic E-state index is -1.41. The van der Waals surface area contributed by atoms with Crippen molar-refractivity contribution in [3.63, 3.8) is 0 Å². The van der Waals surface area contributed by atoms with Crippen LogP contribution in [-0.2, 0) is 11.2 Å². The molecule has 0 radical (unpaired) electrons. The minimum Gasteiger partial charge on any atom is -0.378 e. The highest BCUT2D eigenvalue weighted by atomic mass is 16.3. The van der Waals surface area contributed by atoms with E-state index in [0.29, 0.717) is 0 Å². The molecule has 0 aromatic heterocycles. The molecule has 0 amide bonds. The maximum absolute atomic E-state index is 13.0. The second-order valence-electron chi connectivity index (χ2n) is 18.8. The molecule has 7 aromatic rings. The molecule has 0 saturated carbocycles. The van der Waals surface area contributed by atoms with Crippen molar-refractivity contribution in [3.05, 3.63) is 227 Å². The molecule has 0 aliphatic carbocycles. The number of benzene rings is 7. The zero-order valence-corrected chi connectivity index (χ0v) is 42.0. The largest absolute Gasteiger partial charge is 0.378 e. The van der Waals surface area contributed by atoms with Crippen LogP contribution in [0, 0.1) is 13.8 Å². The molecule has 0 aliphatic rings. The normalized spacial score (nSPS) is 11.5. The second-order valence-corrected chi connectivity index (χ2v) is 18.8. The first-order valence-corrected chi connectivity index (χ1v) is 23.1. The summed E-state index contributed by atoms with van der Waals surface area (Å²) in [7, 11) is 16.1. The number of hydrogen-bond acceptors (Lipinski definition) is 8. The molecule has 350 valence electrons. The summed E-state index contributed by atoms with van der Waals surface area (Å²) in [6.07, 6.45) is 0. The van der Waals surface area contributed by atoms with Crippen LogP contribution in [0.3, 0.4) is 0 Å². The number of rotatable bonds is 16. The van der Waals surface area contributed by atoms with E-state index >= 15 is 0 Å². The monoisotopic (exact) mass is 905 g/mol. The maximum atomic E-state index is 13.0. The van der Waals surface area contributed by atoms with Gasteiger partial charge in [-0.05, 0) is 169 Å². The third-order valence-corrected chi connectivity index (χ3v) is 13.1. The van der Waals surface area contributed by atoms with Gasteiger partial charge in [0.25, 0.3) is 0 Å². The Labute approximate surface area is 405 Å². The molecular formula is C60H68N6O2. The van der Waals surface area contributed by atoms with Gasteiger partial charge in [0.1, 0.15) is 11.2 Å². The van der Waals surface area contributed by atoms with Crippen molar-refractivity contribution >= 4 is 45.5 Å². The molecule has 8 nitrogen and oxygen atoms in total. The van der Waals surface area contributed by atoms with E-state index in [9.17, 15) is 10.2 Å². The Bertz CT molecular complexity index is 2580. The fraction of sp³-hybridized carbons (Fsp3) is 0.233. The zero-order valence-electron chi connectivity index (χ0n) is 42.0. The predicted molar refractivity (Wildman–Crippen MR) is 290 cm³/mol. The van der Waals surface area contributed by atoms with E-state index in [4.69, 9.17) is 0 Å². The quantitative estimate of drug-likeness (QED) is 0.0930. The van der Waals surface area contributed by atoms with Gasteiger partial charge in [0.2, 0.25) is 0 Å². The summed E-state index contributed by atoms with van der Waals surface area (Å²) in [5.41, 5.74) is 13.5. The van der Waals surface area contributed by atoms with E-state index in [1.165, 1.54) is 0 Å². The summed E-state index contributed by atoms with van der Waals surface area (Å²) in [4.78, 5) is 12.5. The molecule has 0 atom stereocenters. The van der Waals surface area contributed by atoms with E-state index in [2.05, 4.69) is 153 Å². The highest BCUT2D eigenvalue weighted by Gasteiger charge is 2.37. The smallest absolute Gasteiger partial charge is 0.140 e. The van der Waals surface area contributed by atoms with Crippen LogP contribution in [0.2, 0.25) is 0 Å². The fourth-order valence-corrected chi connectivity index (χ4v) is 9.27. The van der Waals surface area contributed by atoms with Gasteiger partial charge in [0.15, 0.2) is 0 Å². The van der Waals surface area contributed by atoms with Crippen LogP contribution in [0.5, 0.6) is 0 Å². The number of allylic oxidation sites excluding steroid dienone is 2. The Kier molecular flexibility index (Phi) is 14.0. The summed E-state index contributed by atoms with van der Waals surface area (Å²) in [5.74, 6) is 0. The van der Waals surface area contributed by atoms with Crippen LogP contribution in [-0.4, -0.2) is 66.6 Å². The lowest BCUT2D eigenvalue weighted by Gasteiger charge is -2.34. The first kappa shape index (κ1) is 48.7. The van der Waals surface area contributed by atoms with Gasteiger partial charge in [0, 0.05) is 113 Å². The highest BCUT2D eigenvalue weighted by molar-refractivity contribution is 5.75. The van der Waals surface area contributed by atoms with Crippen LogP contribution in [0.4, 0.5) is 45.5 Å². The van der Waals surface area contributed by atoms with E-state index in [1.54, 1.807) is 0 Å². The molecular weight excluding hydrogens is 837 g/mol. The summed E-state index contributed by atoms with van der Waals surface area (Å²) in [6, 6.07) is 53.4. The van der Waals surface area contributed by atoms with E-state index in [0.717, 1.165) is 101 Å². The third-order valence-electron chi connectivity index (χ3n) is 13.1. The number of anilines is 8. The van der Waals surface area contributed by atoms with E-state index in [-0.39, 0.29) is 0 Å². The topological polar surface area (TPSA) is 59.9 Å². The zero-order chi connectivity index (χ0) is 49.2. The van der Waals surface area contributed by atoms with Gasteiger partial charge in [-0.25, -0.2) is 0 Å². The molecule has 68 heavy (non-hydrogen) atoms. The van der Waals surface area contributed by atoms with Crippen LogP contribution >= 0.6 is 0 Å². The lowest BCUT2D eigenvalue weighted by molar-refractivity contribution is 0.124. The number of aliphatic hydroxyl groups is 2. The Hall–Kier alpha value is -7.26. The first-order valence-electron chi connectivity index (χ1n) is 23.1. The average molecular weight is 905 g/mol. The predicted octanol–water partition coefficient (Wildman–Crippen LogP) is 12.5. The molecule has 2 N–H and O–H groups in total. The van der Waals surface area contributed by atoms with E-state index < -0.39 is 11.2 Å².